The van der Waals surface area contributed by atoms with E-state index in [9.17, 15) is 9.59 Å². The minimum Gasteiger partial charge on any atom is -0.483 e. The molecule has 0 aliphatic carbocycles. The van der Waals surface area contributed by atoms with Crippen LogP contribution in [-0.2, 0) is 4.79 Å². The zero-order valence-corrected chi connectivity index (χ0v) is 18.8. The Kier molecular flexibility index (Phi) is 7.56. The van der Waals surface area contributed by atoms with Gasteiger partial charge in [-0.3, -0.25) is 9.59 Å². The Morgan fingerprint density at radius 2 is 1.77 bits per heavy atom. The first kappa shape index (κ1) is 22.2. The van der Waals surface area contributed by atoms with E-state index in [1.165, 1.54) is 6.21 Å². The van der Waals surface area contributed by atoms with Crippen LogP contribution in [0.15, 0.2) is 76.3 Å². The second-order valence-corrected chi connectivity index (χ2v) is 7.80. The molecule has 0 aromatic heterocycles. The van der Waals surface area contributed by atoms with Gasteiger partial charge in [0.25, 0.3) is 11.8 Å². The average molecular weight is 480 g/mol. The first-order chi connectivity index (χ1) is 14.9. The number of aryl methyl sites for hydroxylation is 2. The van der Waals surface area contributed by atoms with Crippen molar-refractivity contribution in [3.63, 3.8) is 0 Å². The van der Waals surface area contributed by atoms with Crippen LogP contribution in [-0.4, -0.2) is 24.6 Å². The molecule has 0 aliphatic heterocycles. The number of benzene rings is 3. The van der Waals surface area contributed by atoms with E-state index in [2.05, 4.69) is 31.8 Å². The number of hydrogen-bond donors (Lipinski definition) is 2. The number of hydrazone groups is 1. The summed E-state index contributed by atoms with van der Waals surface area (Å²) >= 11 is 3.41. The zero-order valence-electron chi connectivity index (χ0n) is 17.2. The van der Waals surface area contributed by atoms with E-state index in [1.807, 2.05) is 38.1 Å². The molecule has 3 rings (SSSR count). The molecule has 0 saturated carbocycles. The first-order valence-corrected chi connectivity index (χ1v) is 10.4. The summed E-state index contributed by atoms with van der Waals surface area (Å²) in [5.41, 5.74) is 6.58. The number of nitrogens with one attached hydrogen (secondary N) is 2. The lowest BCUT2D eigenvalue weighted by atomic mass is 10.1. The van der Waals surface area contributed by atoms with Crippen molar-refractivity contribution >= 4 is 39.6 Å². The van der Waals surface area contributed by atoms with Gasteiger partial charge in [0.15, 0.2) is 6.61 Å². The zero-order chi connectivity index (χ0) is 22.2. The number of nitrogens with zero attached hydrogens (tertiary/aromatic N) is 1. The summed E-state index contributed by atoms with van der Waals surface area (Å²) in [7, 11) is 0. The van der Waals surface area contributed by atoms with Gasteiger partial charge in [0.05, 0.1) is 6.21 Å². The smallest absolute Gasteiger partial charge is 0.271 e. The van der Waals surface area contributed by atoms with E-state index in [4.69, 9.17) is 4.74 Å². The Hall–Kier alpha value is -3.45. The Morgan fingerprint density at radius 1 is 1.00 bits per heavy atom. The molecule has 2 N–H and O–H groups in total. The minimum atomic E-state index is -0.318. The molecule has 0 atom stereocenters. The molecule has 3 aromatic rings. The van der Waals surface area contributed by atoms with Gasteiger partial charge in [-0.05, 0) is 67.4 Å². The fourth-order valence-electron chi connectivity index (χ4n) is 2.73. The fourth-order valence-corrected chi connectivity index (χ4v) is 3.10. The van der Waals surface area contributed by atoms with Crippen LogP contribution in [0, 0.1) is 13.8 Å². The number of rotatable bonds is 7. The van der Waals surface area contributed by atoms with E-state index in [-0.39, 0.29) is 18.4 Å². The van der Waals surface area contributed by atoms with Crippen LogP contribution in [0.5, 0.6) is 5.75 Å². The van der Waals surface area contributed by atoms with Crippen molar-refractivity contribution < 1.29 is 14.3 Å². The number of hydrogen-bond acceptors (Lipinski definition) is 4. The van der Waals surface area contributed by atoms with E-state index in [0.717, 1.165) is 21.3 Å². The number of carbonyl (C=O) groups excluding carboxylic acids is 2. The van der Waals surface area contributed by atoms with Crippen LogP contribution in [0.25, 0.3) is 0 Å². The maximum atomic E-state index is 12.3. The van der Waals surface area contributed by atoms with E-state index in [1.54, 1.807) is 42.5 Å². The lowest BCUT2D eigenvalue weighted by molar-refractivity contribution is -0.118. The van der Waals surface area contributed by atoms with Crippen LogP contribution in [0.1, 0.15) is 27.0 Å². The highest BCUT2D eigenvalue weighted by Crippen LogP contribution is 2.22. The van der Waals surface area contributed by atoms with Gasteiger partial charge in [0.2, 0.25) is 0 Å². The van der Waals surface area contributed by atoms with E-state index >= 15 is 0 Å². The molecule has 0 radical (unpaired) electrons. The van der Waals surface area contributed by atoms with E-state index in [0.29, 0.717) is 16.9 Å². The lowest BCUT2D eigenvalue weighted by Crippen LogP contribution is -2.20. The highest BCUT2D eigenvalue weighted by molar-refractivity contribution is 9.10. The number of anilines is 1. The maximum Gasteiger partial charge on any atom is 0.271 e. The molecular formula is C24H22BrN3O3. The van der Waals surface area contributed by atoms with Gasteiger partial charge in [-0.2, -0.15) is 5.10 Å². The summed E-state index contributed by atoms with van der Waals surface area (Å²) in [4.78, 5) is 24.4. The molecule has 158 valence electrons. The van der Waals surface area contributed by atoms with Crippen molar-refractivity contribution in [1.82, 2.24) is 5.43 Å². The Balaban J connectivity index is 1.62. The molecule has 0 saturated heterocycles. The van der Waals surface area contributed by atoms with Crippen molar-refractivity contribution in [1.29, 1.82) is 0 Å². The minimum absolute atomic E-state index is 0.161. The third kappa shape index (κ3) is 6.52. The highest BCUT2D eigenvalue weighted by atomic mass is 79.9. The lowest BCUT2D eigenvalue weighted by Gasteiger charge is -2.11. The Bertz CT molecular complexity index is 1110. The van der Waals surface area contributed by atoms with Gasteiger partial charge in [0.1, 0.15) is 5.75 Å². The molecule has 0 aliphatic rings. The van der Waals surface area contributed by atoms with E-state index < -0.39 is 0 Å². The molecule has 7 heteroatoms. The normalized spacial score (nSPS) is 10.7. The van der Waals surface area contributed by atoms with Gasteiger partial charge in [-0.25, -0.2) is 5.43 Å². The number of carbonyl (C=O) groups is 2. The number of halogens is 1. The predicted molar refractivity (Wildman–Crippen MR) is 126 cm³/mol. The Labute approximate surface area is 189 Å². The van der Waals surface area contributed by atoms with Crippen molar-refractivity contribution in [2.24, 2.45) is 5.10 Å². The maximum absolute atomic E-state index is 12.3. The summed E-state index contributed by atoms with van der Waals surface area (Å²) in [6, 6.07) is 19.8. The number of amides is 2. The topological polar surface area (TPSA) is 79.8 Å². The summed E-state index contributed by atoms with van der Waals surface area (Å²) in [6.45, 7) is 3.85. The van der Waals surface area contributed by atoms with Crippen LogP contribution in [0.2, 0.25) is 0 Å². The van der Waals surface area contributed by atoms with Crippen LogP contribution in [0.4, 0.5) is 5.69 Å². The molecule has 0 spiro atoms. The molecule has 0 bridgehead atoms. The molecule has 6 nitrogen and oxygen atoms in total. The van der Waals surface area contributed by atoms with Crippen LogP contribution >= 0.6 is 15.9 Å². The first-order valence-electron chi connectivity index (χ1n) is 9.60. The molecule has 0 fully saturated rings. The third-order valence-corrected chi connectivity index (χ3v) is 5.02. The van der Waals surface area contributed by atoms with Gasteiger partial charge in [0, 0.05) is 21.3 Å². The molecule has 2 amide bonds. The van der Waals surface area contributed by atoms with Gasteiger partial charge < -0.3 is 10.1 Å². The SMILES string of the molecule is Cc1ccc(NC(=O)COc2ccc(Br)cc2/C=N/NC(=O)c2ccccc2)cc1C. The molecule has 31 heavy (non-hydrogen) atoms. The summed E-state index contributed by atoms with van der Waals surface area (Å²) in [5, 5.41) is 6.83. The molecule has 0 unspecified atom stereocenters. The monoisotopic (exact) mass is 479 g/mol. The largest absolute Gasteiger partial charge is 0.483 e. The van der Waals surface area contributed by atoms with Crippen molar-refractivity contribution in [3.05, 3.63) is 93.5 Å². The highest BCUT2D eigenvalue weighted by Gasteiger charge is 2.08. The summed E-state index contributed by atoms with van der Waals surface area (Å²) in [5.74, 6) is -0.121. The predicted octanol–water partition coefficient (Wildman–Crippen LogP) is 4.85. The fraction of sp³-hybridized carbons (Fsp3) is 0.125. The van der Waals surface area contributed by atoms with Crippen molar-refractivity contribution in [3.8, 4) is 5.75 Å². The second kappa shape index (κ2) is 10.5. The average Bonchev–Trinajstić information content (AvgIpc) is 2.76. The second-order valence-electron chi connectivity index (χ2n) is 6.88. The van der Waals surface area contributed by atoms with Gasteiger partial charge in [-0.15, -0.1) is 0 Å². The number of ether oxygens (including phenoxy) is 1. The standard InChI is InChI=1S/C24H22BrN3O3/c1-16-8-10-21(12-17(16)2)27-23(29)15-31-22-11-9-20(25)13-19(22)14-26-28-24(30)18-6-4-3-5-7-18/h3-14H,15H2,1-2H3,(H,27,29)(H,28,30)/b26-14+. The molecule has 3 aromatic carbocycles. The van der Waals surface area contributed by atoms with Gasteiger partial charge >= 0.3 is 0 Å². The quantitative estimate of drug-likeness (QED) is 0.375. The third-order valence-electron chi connectivity index (χ3n) is 4.53. The van der Waals surface area contributed by atoms with Crippen LogP contribution in [0.3, 0.4) is 0 Å². The molecular weight excluding hydrogens is 458 g/mol. The van der Waals surface area contributed by atoms with Gasteiger partial charge in [-0.1, -0.05) is 40.2 Å². The summed E-state index contributed by atoms with van der Waals surface area (Å²) < 4.78 is 6.50. The van der Waals surface area contributed by atoms with Crippen molar-refractivity contribution in [2.75, 3.05) is 11.9 Å². The van der Waals surface area contributed by atoms with Crippen LogP contribution < -0.4 is 15.5 Å². The van der Waals surface area contributed by atoms with Crippen molar-refractivity contribution in [2.45, 2.75) is 13.8 Å². The molecule has 0 heterocycles. The summed E-state index contributed by atoms with van der Waals surface area (Å²) in [6.07, 6.45) is 1.47. The Morgan fingerprint density at radius 3 is 2.52 bits per heavy atom.